The van der Waals surface area contributed by atoms with Gasteiger partial charge in [-0.1, -0.05) is 36.8 Å². The molecule has 1 aromatic heterocycles. The van der Waals surface area contributed by atoms with Crippen LogP contribution < -0.4 is 11.1 Å². The molecule has 0 saturated carbocycles. The van der Waals surface area contributed by atoms with Crippen LogP contribution in [0.5, 0.6) is 0 Å². The quantitative estimate of drug-likeness (QED) is 0.856. The smallest absolute Gasteiger partial charge is 0.249 e. The Kier molecular flexibility index (Phi) is 4.93. The van der Waals surface area contributed by atoms with Gasteiger partial charge in [-0.15, -0.1) is 11.3 Å². The summed E-state index contributed by atoms with van der Waals surface area (Å²) < 4.78 is 0. The molecule has 0 spiro atoms. The molecule has 1 heterocycles. The van der Waals surface area contributed by atoms with Crippen LogP contribution in [0.15, 0.2) is 35.7 Å². The number of nitrogens with one attached hydrogen (secondary N) is 1. The van der Waals surface area contributed by atoms with Gasteiger partial charge < -0.3 is 11.1 Å². The van der Waals surface area contributed by atoms with Gasteiger partial charge in [-0.05, 0) is 25.0 Å². The minimum absolute atomic E-state index is 0.328. The number of benzene rings is 1. The molecule has 3 N–H and O–H groups in total. The summed E-state index contributed by atoms with van der Waals surface area (Å²) in [4.78, 5) is 12.2. The van der Waals surface area contributed by atoms with Crippen LogP contribution in [0.2, 0.25) is 0 Å². The number of amides is 1. The molecule has 0 aliphatic heterocycles. The van der Waals surface area contributed by atoms with Gasteiger partial charge in [0.1, 0.15) is 0 Å². The highest BCUT2D eigenvalue weighted by atomic mass is 32.1. The van der Waals surface area contributed by atoms with Crippen molar-refractivity contribution in [3.05, 3.63) is 57.3 Å². The molecule has 1 unspecified atom stereocenters. The van der Waals surface area contributed by atoms with Crippen LogP contribution in [-0.4, -0.2) is 5.91 Å². The van der Waals surface area contributed by atoms with E-state index in [9.17, 15) is 4.79 Å². The molecule has 4 heteroatoms. The van der Waals surface area contributed by atoms with E-state index in [0.29, 0.717) is 11.6 Å². The van der Waals surface area contributed by atoms with Gasteiger partial charge in [0, 0.05) is 22.8 Å². The minimum Gasteiger partial charge on any atom is -0.366 e. The van der Waals surface area contributed by atoms with Crippen molar-refractivity contribution in [2.75, 3.05) is 0 Å². The van der Waals surface area contributed by atoms with E-state index in [-0.39, 0.29) is 5.91 Å². The highest BCUT2D eigenvalue weighted by molar-refractivity contribution is 7.10. The fourth-order valence-electron chi connectivity index (χ4n) is 2.12. The molecule has 3 nitrogen and oxygen atoms in total. The number of thiophene rings is 1. The Hall–Kier alpha value is -1.65. The fourth-order valence-corrected chi connectivity index (χ4v) is 2.95. The van der Waals surface area contributed by atoms with Crippen molar-refractivity contribution in [1.82, 2.24) is 5.32 Å². The van der Waals surface area contributed by atoms with Crippen molar-refractivity contribution in [2.24, 2.45) is 5.73 Å². The zero-order valence-electron chi connectivity index (χ0n) is 11.8. The van der Waals surface area contributed by atoms with Gasteiger partial charge in [0.15, 0.2) is 0 Å². The number of nitrogens with two attached hydrogens (primary N) is 1. The van der Waals surface area contributed by atoms with Gasteiger partial charge in [-0.2, -0.15) is 0 Å². The van der Waals surface area contributed by atoms with Crippen LogP contribution in [0.3, 0.4) is 0 Å². The van der Waals surface area contributed by atoms with Crippen LogP contribution in [0.1, 0.15) is 45.7 Å². The topological polar surface area (TPSA) is 55.1 Å². The molecule has 0 bridgehead atoms. The minimum atomic E-state index is -0.363. The first kappa shape index (κ1) is 14.8. The second kappa shape index (κ2) is 6.68. The summed E-state index contributed by atoms with van der Waals surface area (Å²) in [7, 11) is 0. The van der Waals surface area contributed by atoms with Crippen molar-refractivity contribution < 1.29 is 4.79 Å². The second-order valence-electron chi connectivity index (χ2n) is 4.92. The molecular weight excluding hydrogens is 268 g/mol. The molecule has 1 atom stereocenters. The fraction of sp³-hybridized carbons (Fsp3) is 0.312. The first-order valence-electron chi connectivity index (χ1n) is 6.77. The number of carbonyl (C=O) groups excluding carboxylic acids is 1. The van der Waals surface area contributed by atoms with E-state index in [1.807, 2.05) is 11.4 Å². The standard InChI is InChI=1S/C16H20N2OS/c1-3-15(12-6-4-11(2)5-7-12)18-9-14-8-13(10-20-14)16(17)19/h4-8,10,15,18H,3,9H2,1-2H3,(H2,17,19). The molecule has 20 heavy (non-hydrogen) atoms. The van der Waals surface area contributed by atoms with Gasteiger partial charge in [0.2, 0.25) is 5.91 Å². The van der Waals surface area contributed by atoms with Crippen LogP contribution in [0.4, 0.5) is 0 Å². The van der Waals surface area contributed by atoms with Crippen molar-refractivity contribution in [1.29, 1.82) is 0 Å². The van der Waals surface area contributed by atoms with E-state index in [4.69, 9.17) is 5.73 Å². The summed E-state index contributed by atoms with van der Waals surface area (Å²) in [5.74, 6) is -0.363. The normalized spacial score (nSPS) is 12.3. The third kappa shape index (κ3) is 3.68. The van der Waals surface area contributed by atoms with E-state index in [1.165, 1.54) is 11.1 Å². The lowest BCUT2D eigenvalue weighted by atomic mass is 10.0. The third-order valence-corrected chi connectivity index (χ3v) is 4.29. The summed E-state index contributed by atoms with van der Waals surface area (Å²) in [6, 6.07) is 10.8. The lowest BCUT2D eigenvalue weighted by Crippen LogP contribution is -2.19. The summed E-state index contributed by atoms with van der Waals surface area (Å²) in [6.07, 6.45) is 1.02. The maximum atomic E-state index is 11.1. The zero-order chi connectivity index (χ0) is 14.5. The maximum Gasteiger partial charge on any atom is 0.249 e. The Morgan fingerprint density at radius 3 is 2.60 bits per heavy atom. The Bertz CT molecular complexity index is 574. The Balaban J connectivity index is 1.99. The SMILES string of the molecule is CCC(NCc1cc(C(N)=O)cs1)c1ccc(C)cc1. The highest BCUT2D eigenvalue weighted by Crippen LogP contribution is 2.20. The first-order chi connectivity index (χ1) is 9.60. The molecule has 0 aliphatic rings. The number of aryl methyl sites for hydroxylation is 1. The molecule has 2 rings (SSSR count). The zero-order valence-corrected chi connectivity index (χ0v) is 12.7. The van der Waals surface area contributed by atoms with Crippen LogP contribution in [0, 0.1) is 6.92 Å². The Morgan fingerprint density at radius 2 is 2.05 bits per heavy atom. The molecule has 0 aliphatic carbocycles. The Labute approximate surface area is 123 Å². The lowest BCUT2D eigenvalue weighted by Gasteiger charge is -2.17. The molecule has 1 amide bonds. The monoisotopic (exact) mass is 288 g/mol. The predicted molar refractivity (Wildman–Crippen MR) is 83.9 cm³/mol. The van der Waals surface area contributed by atoms with Crippen LogP contribution >= 0.6 is 11.3 Å². The molecule has 0 saturated heterocycles. The second-order valence-corrected chi connectivity index (χ2v) is 5.91. The van der Waals surface area contributed by atoms with E-state index in [2.05, 4.69) is 43.4 Å². The largest absolute Gasteiger partial charge is 0.366 e. The van der Waals surface area contributed by atoms with Gasteiger partial charge in [0.05, 0.1) is 5.56 Å². The lowest BCUT2D eigenvalue weighted by molar-refractivity contribution is 0.100. The molecule has 2 aromatic rings. The van der Waals surface area contributed by atoms with Gasteiger partial charge in [-0.25, -0.2) is 0 Å². The predicted octanol–water partition coefficient (Wildman–Crippen LogP) is 3.40. The van der Waals surface area contributed by atoms with Crippen molar-refractivity contribution in [3.8, 4) is 0 Å². The number of primary amides is 1. The van der Waals surface area contributed by atoms with E-state index < -0.39 is 0 Å². The van der Waals surface area contributed by atoms with E-state index in [1.54, 1.807) is 11.3 Å². The average molecular weight is 288 g/mol. The Morgan fingerprint density at radius 1 is 1.35 bits per heavy atom. The van der Waals surface area contributed by atoms with E-state index >= 15 is 0 Å². The first-order valence-corrected chi connectivity index (χ1v) is 7.65. The maximum absolute atomic E-state index is 11.1. The van der Waals surface area contributed by atoms with E-state index in [0.717, 1.165) is 17.8 Å². The molecule has 0 radical (unpaired) electrons. The summed E-state index contributed by atoms with van der Waals surface area (Å²) in [5.41, 5.74) is 8.42. The van der Waals surface area contributed by atoms with Gasteiger partial charge >= 0.3 is 0 Å². The van der Waals surface area contributed by atoms with Crippen LogP contribution in [-0.2, 0) is 6.54 Å². The number of rotatable bonds is 6. The molecule has 1 aromatic carbocycles. The molecular formula is C16H20N2OS. The number of carbonyl (C=O) groups is 1. The van der Waals surface area contributed by atoms with Gasteiger partial charge in [0.25, 0.3) is 0 Å². The van der Waals surface area contributed by atoms with Crippen molar-refractivity contribution >= 4 is 17.2 Å². The average Bonchev–Trinajstić information content (AvgIpc) is 2.90. The molecule has 106 valence electrons. The number of hydrogen-bond donors (Lipinski definition) is 2. The van der Waals surface area contributed by atoms with Crippen molar-refractivity contribution in [2.45, 2.75) is 32.9 Å². The summed E-state index contributed by atoms with van der Waals surface area (Å²) in [6.45, 7) is 5.01. The highest BCUT2D eigenvalue weighted by Gasteiger charge is 2.10. The summed E-state index contributed by atoms with van der Waals surface area (Å²) >= 11 is 1.56. The summed E-state index contributed by atoms with van der Waals surface area (Å²) in [5, 5.41) is 5.34. The van der Waals surface area contributed by atoms with Crippen molar-refractivity contribution in [3.63, 3.8) is 0 Å². The van der Waals surface area contributed by atoms with Gasteiger partial charge in [-0.3, -0.25) is 4.79 Å². The molecule has 0 fully saturated rings. The third-order valence-electron chi connectivity index (χ3n) is 3.35. The number of hydrogen-bond acceptors (Lipinski definition) is 3. The van der Waals surface area contributed by atoms with Crippen LogP contribution in [0.25, 0.3) is 0 Å².